The molecule has 0 bridgehead atoms. The van der Waals surface area contributed by atoms with Crippen LogP contribution in [0.25, 0.3) is 33.2 Å². The van der Waals surface area contributed by atoms with Gasteiger partial charge in [0.1, 0.15) is 6.04 Å². The highest BCUT2D eigenvalue weighted by Gasteiger charge is 2.23. The van der Waals surface area contributed by atoms with E-state index in [-0.39, 0.29) is 12.8 Å². The summed E-state index contributed by atoms with van der Waals surface area (Å²) < 4.78 is 11.6. The monoisotopic (exact) mass is 526 g/mol. The maximum Gasteiger partial charge on any atom is 0.328 e. The lowest BCUT2D eigenvalue weighted by Crippen LogP contribution is -2.41. The standard InChI is InChI=1S/C28H26N6O5/c1-38-25(35)14-12-22(28(37)39-2)29-27(36)18-9-7-17(8-10-18)16-34-23-6-4-3-5-20(23)21-15-19(11-13-24(21)34)26-30-32-33-31-26/h3-11,13,15,22H,12,14,16H2,1-2H3,(H,29,36)(H,30,31,32,33)/t22-/m0/s1. The lowest BCUT2D eigenvalue weighted by Gasteiger charge is -2.16. The molecule has 0 fully saturated rings. The highest BCUT2D eigenvalue weighted by Crippen LogP contribution is 2.32. The largest absolute Gasteiger partial charge is 0.469 e. The van der Waals surface area contributed by atoms with Gasteiger partial charge in [-0.3, -0.25) is 9.59 Å². The first-order chi connectivity index (χ1) is 19.0. The second-order valence-corrected chi connectivity index (χ2v) is 8.93. The highest BCUT2D eigenvalue weighted by molar-refractivity contribution is 6.09. The molecule has 1 amide bonds. The van der Waals surface area contributed by atoms with E-state index in [1.165, 1.54) is 14.2 Å². The van der Waals surface area contributed by atoms with E-state index in [1.807, 2.05) is 36.4 Å². The number of methoxy groups -OCH3 is 2. The molecule has 5 rings (SSSR count). The van der Waals surface area contributed by atoms with Gasteiger partial charge in [0.05, 0.1) is 14.2 Å². The molecular formula is C28H26N6O5. The molecule has 2 N–H and O–H groups in total. The van der Waals surface area contributed by atoms with Crippen LogP contribution >= 0.6 is 0 Å². The quantitative estimate of drug-likeness (QED) is 0.279. The van der Waals surface area contributed by atoms with Crippen LogP contribution in [0.4, 0.5) is 0 Å². The number of aromatic amines is 1. The molecule has 0 radical (unpaired) electrons. The number of hydrogen-bond acceptors (Lipinski definition) is 8. The van der Waals surface area contributed by atoms with Crippen molar-refractivity contribution in [3.63, 3.8) is 0 Å². The van der Waals surface area contributed by atoms with Crippen molar-refractivity contribution in [1.82, 2.24) is 30.5 Å². The molecule has 39 heavy (non-hydrogen) atoms. The predicted octanol–water partition coefficient (Wildman–Crippen LogP) is 3.25. The summed E-state index contributed by atoms with van der Waals surface area (Å²) in [6.07, 6.45) is 0.0518. The van der Waals surface area contributed by atoms with Gasteiger partial charge in [0, 0.05) is 45.9 Å². The minimum atomic E-state index is -0.962. The maximum atomic E-state index is 12.8. The molecule has 0 aliphatic rings. The van der Waals surface area contributed by atoms with Crippen LogP contribution in [0.1, 0.15) is 28.8 Å². The lowest BCUT2D eigenvalue weighted by atomic mass is 10.1. The number of H-pyrrole nitrogens is 1. The van der Waals surface area contributed by atoms with Crippen LogP contribution in [-0.2, 0) is 25.6 Å². The van der Waals surface area contributed by atoms with E-state index >= 15 is 0 Å². The Morgan fingerprint density at radius 1 is 0.949 bits per heavy atom. The fraction of sp³-hybridized carbons (Fsp3) is 0.214. The number of carbonyl (C=O) groups is 3. The Labute approximate surface area is 223 Å². The number of para-hydroxylation sites is 1. The molecule has 5 aromatic rings. The molecule has 1 atom stereocenters. The molecule has 2 heterocycles. The molecule has 11 heteroatoms. The van der Waals surface area contributed by atoms with Crippen LogP contribution in [0.15, 0.2) is 66.7 Å². The second kappa shape index (κ2) is 11.1. The highest BCUT2D eigenvalue weighted by atomic mass is 16.5. The van der Waals surface area contributed by atoms with Crippen molar-refractivity contribution in [2.45, 2.75) is 25.4 Å². The van der Waals surface area contributed by atoms with Crippen molar-refractivity contribution >= 4 is 39.7 Å². The number of nitrogens with one attached hydrogen (secondary N) is 2. The Hall–Kier alpha value is -5.06. The zero-order chi connectivity index (χ0) is 27.4. The molecule has 198 valence electrons. The summed E-state index contributed by atoms with van der Waals surface area (Å²) in [5, 5.41) is 19.2. The molecule has 2 aromatic heterocycles. The smallest absolute Gasteiger partial charge is 0.328 e. The number of nitrogens with zero attached hydrogens (tertiary/aromatic N) is 4. The fourth-order valence-electron chi connectivity index (χ4n) is 4.59. The Bertz CT molecular complexity index is 1640. The number of esters is 2. The Morgan fingerprint density at radius 3 is 2.44 bits per heavy atom. The fourth-order valence-corrected chi connectivity index (χ4v) is 4.59. The lowest BCUT2D eigenvalue weighted by molar-refractivity contribution is -0.144. The van der Waals surface area contributed by atoms with E-state index in [1.54, 1.807) is 12.1 Å². The summed E-state index contributed by atoms with van der Waals surface area (Å²) in [6.45, 7) is 0.581. The van der Waals surface area contributed by atoms with Gasteiger partial charge < -0.3 is 19.4 Å². The van der Waals surface area contributed by atoms with E-state index in [2.05, 4.69) is 53.4 Å². The third kappa shape index (κ3) is 5.33. The molecule has 0 aliphatic carbocycles. The van der Waals surface area contributed by atoms with Gasteiger partial charge in [-0.25, -0.2) is 4.79 Å². The molecule has 3 aromatic carbocycles. The van der Waals surface area contributed by atoms with Gasteiger partial charge in [-0.15, -0.1) is 10.2 Å². The van der Waals surface area contributed by atoms with Crippen molar-refractivity contribution in [3.8, 4) is 11.4 Å². The van der Waals surface area contributed by atoms with Crippen LogP contribution in [0.2, 0.25) is 0 Å². The Kier molecular flexibility index (Phi) is 7.30. The second-order valence-electron chi connectivity index (χ2n) is 8.93. The third-order valence-corrected chi connectivity index (χ3v) is 6.59. The van der Waals surface area contributed by atoms with Crippen LogP contribution in [0.5, 0.6) is 0 Å². The Balaban J connectivity index is 1.37. The van der Waals surface area contributed by atoms with Crippen molar-refractivity contribution < 1.29 is 23.9 Å². The topological polar surface area (TPSA) is 141 Å². The minimum absolute atomic E-state index is 0.0230. The number of rotatable bonds is 9. The SMILES string of the molecule is COC(=O)CC[C@H](NC(=O)c1ccc(Cn2c3ccccc3c3cc(-c4nn[nH]n4)ccc32)cc1)C(=O)OC. The molecule has 11 nitrogen and oxygen atoms in total. The third-order valence-electron chi connectivity index (χ3n) is 6.59. The summed E-state index contributed by atoms with van der Waals surface area (Å²) in [7, 11) is 2.50. The van der Waals surface area contributed by atoms with Gasteiger partial charge in [0.15, 0.2) is 0 Å². The average molecular weight is 527 g/mol. The van der Waals surface area contributed by atoms with Gasteiger partial charge >= 0.3 is 11.9 Å². The number of amides is 1. The first-order valence-electron chi connectivity index (χ1n) is 12.3. The molecule has 0 saturated carbocycles. The normalized spacial score (nSPS) is 11.8. The van der Waals surface area contributed by atoms with Crippen LogP contribution in [0.3, 0.4) is 0 Å². The molecule has 0 unspecified atom stereocenters. The van der Waals surface area contributed by atoms with Crippen LogP contribution in [-0.4, -0.2) is 63.3 Å². The summed E-state index contributed by atoms with van der Waals surface area (Å²) in [5.74, 6) is -1.01. The van der Waals surface area contributed by atoms with Crippen molar-refractivity contribution in [3.05, 3.63) is 77.9 Å². The van der Waals surface area contributed by atoms with E-state index in [0.29, 0.717) is 17.9 Å². The van der Waals surface area contributed by atoms with Crippen LogP contribution in [0, 0.1) is 0 Å². The van der Waals surface area contributed by atoms with E-state index in [0.717, 1.165) is 32.9 Å². The minimum Gasteiger partial charge on any atom is -0.469 e. The number of benzene rings is 3. The molecule has 0 spiro atoms. The van der Waals surface area contributed by atoms with Gasteiger partial charge in [0.25, 0.3) is 5.91 Å². The summed E-state index contributed by atoms with van der Waals surface area (Å²) in [5.41, 5.74) is 4.37. The van der Waals surface area contributed by atoms with Crippen molar-refractivity contribution in [1.29, 1.82) is 0 Å². The summed E-state index contributed by atoms with van der Waals surface area (Å²) in [4.78, 5) is 36.4. The number of tetrazole rings is 1. The first-order valence-corrected chi connectivity index (χ1v) is 12.3. The van der Waals surface area contributed by atoms with Crippen molar-refractivity contribution in [2.75, 3.05) is 14.2 Å². The van der Waals surface area contributed by atoms with E-state index < -0.39 is 23.9 Å². The van der Waals surface area contributed by atoms with Gasteiger partial charge in [-0.05, 0) is 53.6 Å². The number of ether oxygens (including phenoxy) is 2. The van der Waals surface area contributed by atoms with E-state index in [4.69, 9.17) is 4.74 Å². The number of hydrogen-bond donors (Lipinski definition) is 2. The predicted molar refractivity (Wildman–Crippen MR) is 143 cm³/mol. The van der Waals surface area contributed by atoms with E-state index in [9.17, 15) is 14.4 Å². The molecule has 0 aliphatic heterocycles. The number of carbonyl (C=O) groups excluding carboxylic acids is 3. The van der Waals surface area contributed by atoms with Gasteiger partial charge in [0.2, 0.25) is 5.82 Å². The number of fused-ring (bicyclic) bond motifs is 3. The average Bonchev–Trinajstić information content (AvgIpc) is 3.62. The number of aromatic nitrogens is 5. The van der Waals surface area contributed by atoms with Gasteiger partial charge in [-0.1, -0.05) is 30.3 Å². The van der Waals surface area contributed by atoms with Crippen molar-refractivity contribution in [2.24, 2.45) is 0 Å². The Morgan fingerprint density at radius 2 is 1.72 bits per heavy atom. The molecule has 0 saturated heterocycles. The maximum absolute atomic E-state index is 12.8. The zero-order valence-electron chi connectivity index (χ0n) is 21.4. The first kappa shape index (κ1) is 25.6. The molecular weight excluding hydrogens is 500 g/mol. The summed E-state index contributed by atoms with van der Waals surface area (Å²) in [6, 6.07) is 20.5. The van der Waals surface area contributed by atoms with Gasteiger partial charge in [-0.2, -0.15) is 5.21 Å². The summed E-state index contributed by atoms with van der Waals surface area (Å²) >= 11 is 0. The zero-order valence-corrected chi connectivity index (χ0v) is 21.4. The van der Waals surface area contributed by atoms with Crippen LogP contribution < -0.4 is 5.32 Å².